The Morgan fingerprint density at radius 2 is 2.05 bits per heavy atom. The van der Waals surface area contributed by atoms with Crippen LogP contribution in [0.3, 0.4) is 0 Å². The van der Waals surface area contributed by atoms with Crippen LogP contribution >= 0.6 is 0 Å². The normalized spacial score (nSPS) is 20.0. The fourth-order valence-electron chi connectivity index (χ4n) is 2.79. The van der Waals surface area contributed by atoms with Crippen LogP contribution in [0.5, 0.6) is 0 Å². The van der Waals surface area contributed by atoms with Crippen LogP contribution in [-0.4, -0.2) is 16.0 Å². The van der Waals surface area contributed by atoms with Crippen LogP contribution in [0, 0.1) is 5.82 Å². The van der Waals surface area contributed by atoms with E-state index in [9.17, 15) is 9.18 Å². The number of hydrogen-bond donors (Lipinski definition) is 2. The van der Waals surface area contributed by atoms with Gasteiger partial charge in [-0.15, -0.1) is 0 Å². The first kappa shape index (κ1) is 13.0. The maximum Gasteiger partial charge on any atom is 0.260 e. The second-order valence-corrected chi connectivity index (χ2v) is 5.58. The molecule has 1 aromatic heterocycles. The van der Waals surface area contributed by atoms with Crippen LogP contribution in [0.4, 0.5) is 10.3 Å². The molecule has 4 nitrogen and oxygen atoms in total. The predicted molar refractivity (Wildman–Crippen MR) is 83.5 cm³/mol. The summed E-state index contributed by atoms with van der Waals surface area (Å²) in [4.78, 5) is 19.2. The summed E-state index contributed by atoms with van der Waals surface area (Å²) in [7, 11) is 0. The molecule has 110 valence electrons. The summed E-state index contributed by atoms with van der Waals surface area (Å²) in [6.07, 6.45) is 0.903. The van der Waals surface area contributed by atoms with Gasteiger partial charge in [-0.2, -0.15) is 0 Å². The minimum atomic E-state index is -0.222. The molecule has 2 N–H and O–H groups in total. The largest absolute Gasteiger partial charge is 0.352 e. The minimum absolute atomic E-state index is 0.156. The Morgan fingerprint density at radius 3 is 2.91 bits per heavy atom. The topological polar surface area (TPSA) is 57.8 Å². The fraction of sp³-hybridized carbons (Fsp3) is 0.176. The fourth-order valence-corrected chi connectivity index (χ4v) is 2.79. The molecule has 1 fully saturated rings. The van der Waals surface area contributed by atoms with Gasteiger partial charge in [0.25, 0.3) is 5.56 Å². The first-order chi connectivity index (χ1) is 10.7. The molecule has 4 rings (SSSR count). The van der Waals surface area contributed by atoms with Crippen molar-refractivity contribution < 1.29 is 4.39 Å². The average Bonchev–Trinajstić information content (AvgIpc) is 3.26. The van der Waals surface area contributed by atoms with E-state index in [0.29, 0.717) is 16.9 Å². The number of halogens is 1. The molecule has 0 aliphatic heterocycles. The predicted octanol–water partition coefficient (Wildman–Crippen LogP) is 3.03. The van der Waals surface area contributed by atoms with E-state index in [2.05, 4.69) is 15.3 Å². The van der Waals surface area contributed by atoms with Gasteiger partial charge in [-0.1, -0.05) is 24.3 Å². The molecule has 1 heterocycles. The van der Waals surface area contributed by atoms with E-state index < -0.39 is 0 Å². The first-order valence-corrected chi connectivity index (χ1v) is 7.22. The van der Waals surface area contributed by atoms with Crippen LogP contribution in [-0.2, 0) is 0 Å². The molecular formula is C17H14FN3O. The van der Waals surface area contributed by atoms with Gasteiger partial charge in [0.1, 0.15) is 5.82 Å². The third-order valence-corrected chi connectivity index (χ3v) is 4.00. The highest BCUT2D eigenvalue weighted by molar-refractivity contribution is 5.78. The van der Waals surface area contributed by atoms with Gasteiger partial charge < -0.3 is 5.32 Å². The van der Waals surface area contributed by atoms with Crippen molar-refractivity contribution in [3.8, 4) is 0 Å². The van der Waals surface area contributed by atoms with Crippen molar-refractivity contribution in [2.24, 2.45) is 0 Å². The molecule has 0 spiro atoms. The Labute approximate surface area is 126 Å². The molecule has 1 aliphatic carbocycles. The summed E-state index contributed by atoms with van der Waals surface area (Å²) < 4.78 is 13.3. The van der Waals surface area contributed by atoms with Gasteiger partial charge in [-0.25, -0.2) is 9.37 Å². The van der Waals surface area contributed by atoms with Crippen LogP contribution in [0.15, 0.2) is 53.3 Å². The molecule has 0 unspecified atom stereocenters. The van der Waals surface area contributed by atoms with Gasteiger partial charge in [0.2, 0.25) is 5.95 Å². The Morgan fingerprint density at radius 1 is 1.18 bits per heavy atom. The van der Waals surface area contributed by atoms with Crippen LogP contribution in [0.25, 0.3) is 10.9 Å². The first-order valence-electron chi connectivity index (χ1n) is 7.22. The highest BCUT2D eigenvalue weighted by Gasteiger charge is 2.39. The Balaban J connectivity index is 1.57. The van der Waals surface area contributed by atoms with Gasteiger partial charge >= 0.3 is 0 Å². The lowest BCUT2D eigenvalue weighted by molar-refractivity contribution is 0.625. The van der Waals surface area contributed by atoms with Crippen molar-refractivity contribution in [3.63, 3.8) is 0 Å². The quantitative estimate of drug-likeness (QED) is 0.781. The molecule has 22 heavy (non-hydrogen) atoms. The maximum atomic E-state index is 13.3. The highest BCUT2D eigenvalue weighted by Crippen LogP contribution is 2.42. The van der Waals surface area contributed by atoms with E-state index in [0.717, 1.165) is 12.0 Å². The number of fused-ring (bicyclic) bond motifs is 1. The van der Waals surface area contributed by atoms with Crippen molar-refractivity contribution in [2.45, 2.75) is 18.4 Å². The van der Waals surface area contributed by atoms with Gasteiger partial charge in [0.05, 0.1) is 10.9 Å². The number of aromatic amines is 1. The van der Waals surface area contributed by atoms with E-state index in [4.69, 9.17) is 0 Å². The van der Waals surface area contributed by atoms with Gasteiger partial charge in [0, 0.05) is 12.0 Å². The summed E-state index contributed by atoms with van der Waals surface area (Å²) in [5.41, 5.74) is 1.48. The van der Waals surface area contributed by atoms with Crippen molar-refractivity contribution in [2.75, 3.05) is 5.32 Å². The van der Waals surface area contributed by atoms with E-state index in [-0.39, 0.29) is 23.3 Å². The lowest BCUT2D eigenvalue weighted by Gasteiger charge is -2.06. The SMILES string of the molecule is O=c1[nH]c(N[C@@H]2C[C@H]2c2cccc(F)c2)nc2ccccc12. The zero-order valence-corrected chi connectivity index (χ0v) is 11.7. The summed E-state index contributed by atoms with van der Waals surface area (Å²) in [6, 6.07) is 14.0. The summed E-state index contributed by atoms with van der Waals surface area (Å²) in [6.45, 7) is 0. The van der Waals surface area contributed by atoms with E-state index >= 15 is 0 Å². The number of hydrogen-bond acceptors (Lipinski definition) is 3. The van der Waals surface area contributed by atoms with E-state index in [1.54, 1.807) is 18.2 Å². The Bertz CT molecular complexity index is 906. The van der Waals surface area contributed by atoms with E-state index in [1.807, 2.05) is 24.3 Å². The minimum Gasteiger partial charge on any atom is -0.352 e. The van der Waals surface area contributed by atoms with Crippen molar-refractivity contribution in [1.82, 2.24) is 9.97 Å². The smallest absolute Gasteiger partial charge is 0.260 e. The summed E-state index contributed by atoms with van der Waals surface area (Å²) in [5.74, 6) is 0.500. The molecule has 3 aromatic rings. The third kappa shape index (κ3) is 2.35. The molecule has 0 amide bonds. The Hall–Kier alpha value is -2.69. The number of para-hydroxylation sites is 1. The van der Waals surface area contributed by atoms with Gasteiger partial charge in [-0.3, -0.25) is 9.78 Å². The molecule has 0 radical (unpaired) electrons. The standard InChI is InChI=1S/C17H14FN3O/c18-11-5-3-4-10(8-11)13-9-15(13)20-17-19-14-7-2-1-6-12(14)16(22)21-17/h1-8,13,15H,9H2,(H2,19,20,21,22)/t13-,15+/m0/s1. The number of rotatable bonds is 3. The average molecular weight is 295 g/mol. The van der Waals surface area contributed by atoms with Gasteiger partial charge in [-0.05, 0) is 36.2 Å². The number of anilines is 1. The van der Waals surface area contributed by atoms with Crippen molar-refractivity contribution >= 4 is 16.9 Å². The number of H-pyrrole nitrogens is 1. The lowest BCUT2D eigenvalue weighted by atomic mass is 10.1. The number of nitrogens with one attached hydrogen (secondary N) is 2. The molecule has 1 aliphatic rings. The number of nitrogens with zero attached hydrogens (tertiary/aromatic N) is 1. The van der Waals surface area contributed by atoms with E-state index in [1.165, 1.54) is 6.07 Å². The molecule has 2 atom stereocenters. The molecule has 0 saturated heterocycles. The number of aromatic nitrogens is 2. The number of benzene rings is 2. The lowest BCUT2D eigenvalue weighted by Crippen LogP contribution is -2.15. The second-order valence-electron chi connectivity index (χ2n) is 5.58. The maximum absolute atomic E-state index is 13.3. The summed E-state index contributed by atoms with van der Waals surface area (Å²) in [5, 5.41) is 3.80. The molecule has 1 saturated carbocycles. The highest BCUT2D eigenvalue weighted by atomic mass is 19.1. The molecule has 2 aromatic carbocycles. The molecule has 0 bridgehead atoms. The van der Waals surface area contributed by atoms with Crippen LogP contribution < -0.4 is 10.9 Å². The van der Waals surface area contributed by atoms with Crippen molar-refractivity contribution in [1.29, 1.82) is 0 Å². The molecule has 5 heteroatoms. The monoisotopic (exact) mass is 295 g/mol. The third-order valence-electron chi connectivity index (χ3n) is 4.00. The van der Waals surface area contributed by atoms with Crippen molar-refractivity contribution in [3.05, 3.63) is 70.3 Å². The van der Waals surface area contributed by atoms with Crippen LogP contribution in [0.1, 0.15) is 17.9 Å². The Kier molecular flexibility index (Phi) is 2.92. The zero-order chi connectivity index (χ0) is 15.1. The van der Waals surface area contributed by atoms with Crippen LogP contribution in [0.2, 0.25) is 0 Å². The molecular weight excluding hydrogens is 281 g/mol. The summed E-state index contributed by atoms with van der Waals surface area (Å²) >= 11 is 0. The van der Waals surface area contributed by atoms with Gasteiger partial charge in [0.15, 0.2) is 0 Å². The second kappa shape index (κ2) is 4.94. The zero-order valence-electron chi connectivity index (χ0n) is 11.7.